The minimum Gasteiger partial charge on any atom is -0.480 e. The highest BCUT2D eigenvalue weighted by Gasteiger charge is 2.02. The van der Waals surface area contributed by atoms with E-state index in [1.165, 1.54) is 6.08 Å². The van der Waals surface area contributed by atoms with Crippen molar-refractivity contribution in [1.82, 2.24) is 0 Å². The summed E-state index contributed by atoms with van der Waals surface area (Å²) in [4.78, 5) is 19.7. The molecule has 0 aliphatic carbocycles. The molecule has 0 spiro atoms. The van der Waals surface area contributed by atoms with Crippen LogP contribution in [0, 0.1) is 0 Å². The van der Waals surface area contributed by atoms with E-state index in [1.807, 2.05) is 30.3 Å². The number of aliphatic hydroxyl groups excluding tert-OH is 2. The molecule has 1 aromatic rings. The van der Waals surface area contributed by atoms with Gasteiger partial charge in [0.2, 0.25) is 0 Å². The Labute approximate surface area is 116 Å². The van der Waals surface area contributed by atoms with Crippen LogP contribution in [0.5, 0.6) is 0 Å². The molecule has 0 aromatic heterocycles. The largest absolute Gasteiger partial charge is 0.480 e. The summed E-state index contributed by atoms with van der Waals surface area (Å²) in [6.07, 6.45) is 3.04. The van der Waals surface area contributed by atoms with Gasteiger partial charge in [-0.3, -0.25) is 4.79 Å². The number of carboxylic acid groups (broad SMARTS) is 1. The number of ether oxygens (including phenoxy) is 1. The fourth-order valence-corrected chi connectivity index (χ4v) is 1.05. The molecule has 20 heavy (non-hydrogen) atoms. The number of benzene rings is 1. The summed E-state index contributed by atoms with van der Waals surface area (Å²) in [7, 11) is 0. The van der Waals surface area contributed by atoms with Crippen LogP contribution >= 0.6 is 0 Å². The Bertz CT molecular complexity index is 401. The fraction of sp³-hybridized carbons (Fsp3) is 0.286. The van der Waals surface area contributed by atoms with Crippen molar-refractivity contribution in [3.05, 3.63) is 42.0 Å². The summed E-state index contributed by atoms with van der Waals surface area (Å²) < 4.78 is 4.44. The first-order chi connectivity index (χ1) is 9.60. The van der Waals surface area contributed by atoms with Gasteiger partial charge < -0.3 is 20.1 Å². The smallest absolute Gasteiger partial charge is 0.329 e. The van der Waals surface area contributed by atoms with Gasteiger partial charge in [0.05, 0.1) is 13.2 Å². The SMILES string of the molecule is O=C(O)COCC(O)CO.O=C/C=C/c1ccccc1. The number of aliphatic carboxylic acids is 1. The Morgan fingerprint density at radius 3 is 2.45 bits per heavy atom. The summed E-state index contributed by atoms with van der Waals surface area (Å²) in [5.74, 6) is -1.09. The number of hydrogen-bond acceptors (Lipinski definition) is 5. The third-order valence-corrected chi connectivity index (χ3v) is 1.91. The van der Waals surface area contributed by atoms with E-state index >= 15 is 0 Å². The highest BCUT2D eigenvalue weighted by molar-refractivity contribution is 5.73. The van der Waals surface area contributed by atoms with Gasteiger partial charge in [-0.05, 0) is 11.6 Å². The van der Waals surface area contributed by atoms with E-state index in [9.17, 15) is 9.59 Å². The highest BCUT2D eigenvalue weighted by atomic mass is 16.5. The van der Waals surface area contributed by atoms with Gasteiger partial charge in [0.25, 0.3) is 0 Å². The van der Waals surface area contributed by atoms with Gasteiger partial charge in [-0.1, -0.05) is 36.4 Å². The highest BCUT2D eigenvalue weighted by Crippen LogP contribution is 1.99. The molecule has 0 heterocycles. The molecule has 3 N–H and O–H groups in total. The van der Waals surface area contributed by atoms with Gasteiger partial charge >= 0.3 is 5.97 Å². The predicted molar refractivity (Wildman–Crippen MR) is 73.1 cm³/mol. The van der Waals surface area contributed by atoms with Gasteiger partial charge in [0.1, 0.15) is 19.0 Å². The lowest BCUT2D eigenvalue weighted by Crippen LogP contribution is -2.21. The van der Waals surface area contributed by atoms with Crippen molar-refractivity contribution >= 4 is 18.3 Å². The molecule has 110 valence electrons. The van der Waals surface area contributed by atoms with Crippen molar-refractivity contribution in [2.45, 2.75) is 6.10 Å². The molecule has 0 fully saturated rings. The lowest BCUT2D eigenvalue weighted by Gasteiger charge is -2.04. The zero-order valence-electron chi connectivity index (χ0n) is 10.9. The first-order valence-corrected chi connectivity index (χ1v) is 5.85. The minimum absolute atomic E-state index is 0.150. The zero-order chi connectivity index (χ0) is 15.2. The van der Waals surface area contributed by atoms with E-state index in [0.717, 1.165) is 11.8 Å². The molecule has 0 saturated heterocycles. The third kappa shape index (κ3) is 11.1. The van der Waals surface area contributed by atoms with Crippen molar-refractivity contribution in [3.63, 3.8) is 0 Å². The molecule has 1 atom stereocenters. The number of aldehydes is 1. The number of rotatable bonds is 7. The van der Waals surface area contributed by atoms with E-state index < -0.39 is 25.3 Å². The Kier molecular flexibility index (Phi) is 10.8. The molecule has 1 rings (SSSR count). The summed E-state index contributed by atoms with van der Waals surface area (Å²) in [6.45, 7) is -1.01. The Morgan fingerprint density at radius 2 is 1.95 bits per heavy atom. The van der Waals surface area contributed by atoms with Gasteiger partial charge in [-0.15, -0.1) is 0 Å². The number of carbonyl (C=O) groups is 2. The topological polar surface area (TPSA) is 104 Å². The summed E-state index contributed by atoms with van der Waals surface area (Å²) in [5.41, 5.74) is 1.05. The second-order valence-corrected chi connectivity index (χ2v) is 3.65. The quantitative estimate of drug-likeness (QED) is 0.492. The number of aliphatic hydroxyl groups is 2. The molecule has 0 aliphatic heterocycles. The summed E-state index contributed by atoms with van der Waals surface area (Å²) in [5, 5.41) is 24.9. The Hall–Kier alpha value is -2.02. The molecular weight excluding hydrogens is 264 g/mol. The zero-order valence-corrected chi connectivity index (χ0v) is 10.9. The van der Waals surface area contributed by atoms with E-state index in [2.05, 4.69) is 4.74 Å². The van der Waals surface area contributed by atoms with E-state index in [4.69, 9.17) is 15.3 Å². The van der Waals surface area contributed by atoms with Gasteiger partial charge in [-0.25, -0.2) is 4.79 Å². The maximum absolute atomic E-state index is 9.89. The summed E-state index contributed by atoms with van der Waals surface area (Å²) >= 11 is 0. The molecule has 1 unspecified atom stereocenters. The Morgan fingerprint density at radius 1 is 1.30 bits per heavy atom. The van der Waals surface area contributed by atoms with Crippen molar-refractivity contribution in [2.75, 3.05) is 19.8 Å². The van der Waals surface area contributed by atoms with Crippen LogP contribution in [-0.4, -0.2) is 53.5 Å². The second-order valence-electron chi connectivity index (χ2n) is 3.65. The van der Waals surface area contributed by atoms with E-state index in [0.29, 0.717) is 0 Å². The lowest BCUT2D eigenvalue weighted by molar-refractivity contribution is -0.143. The number of carboxylic acids is 1. The molecule has 1 aromatic carbocycles. The molecule has 0 bridgehead atoms. The van der Waals surface area contributed by atoms with Crippen LogP contribution in [0.3, 0.4) is 0 Å². The summed E-state index contributed by atoms with van der Waals surface area (Å²) in [6, 6.07) is 9.70. The van der Waals surface area contributed by atoms with Crippen LogP contribution in [0.1, 0.15) is 5.56 Å². The maximum atomic E-state index is 9.89. The maximum Gasteiger partial charge on any atom is 0.329 e. The molecule has 0 saturated carbocycles. The average molecular weight is 282 g/mol. The van der Waals surface area contributed by atoms with Crippen LogP contribution < -0.4 is 0 Å². The van der Waals surface area contributed by atoms with Crippen LogP contribution in [0.15, 0.2) is 36.4 Å². The number of hydrogen-bond donors (Lipinski definition) is 3. The monoisotopic (exact) mass is 282 g/mol. The third-order valence-electron chi connectivity index (χ3n) is 1.91. The van der Waals surface area contributed by atoms with Crippen LogP contribution in [0.4, 0.5) is 0 Å². The molecule has 6 nitrogen and oxygen atoms in total. The van der Waals surface area contributed by atoms with Crippen molar-refractivity contribution < 1.29 is 29.6 Å². The van der Waals surface area contributed by atoms with Crippen molar-refractivity contribution in [1.29, 1.82) is 0 Å². The van der Waals surface area contributed by atoms with Crippen molar-refractivity contribution in [3.8, 4) is 0 Å². The first-order valence-electron chi connectivity index (χ1n) is 5.85. The van der Waals surface area contributed by atoms with Crippen LogP contribution in [0.2, 0.25) is 0 Å². The molecular formula is C14H18O6. The minimum atomic E-state index is -1.09. The molecule has 6 heteroatoms. The van der Waals surface area contributed by atoms with Crippen LogP contribution in [-0.2, 0) is 14.3 Å². The normalized spacial score (nSPS) is 11.5. The lowest BCUT2D eigenvalue weighted by atomic mass is 10.2. The van der Waals surface area contributed by atoms with Crippen LogP contribution in [0.25, 0.3) is 6.08 Å². The standard InChI is InChI=1S/C9H8O.C5H10O5/c10-8-4-7-9-5-2-1-3-6-9;6-1-4(7)2-10-3-5(8)9/h1-8H;4,6-7H,1-3H2,(H,8,9)/b7-4+;. The number of carbonyl (C=O) groups excluding carboxylic acids is 1. The second kappa shape index (κ2) is 12.0. The fourth-order valence-electron chi connectivity index (χ4n) is 1.05. The molecule has 0 amide bonds. The average Bonchev–Trinajstić information content (AvgIpc) is 2.46. The molecule has 0 radical (unpaired) electrons. The number of allylic oxidation sites excluding steroid dienone is 1. The van der Waals surface area contributed by atoms with E-state index in [1.54, 1.807) is 6.08 Å². The van der Waals surface area contributed by atoms with Gasteiger partial charge in [-0.2, -0.15) is 0 Å². The van der Waals surface area contributed by atoms with E-state index in [-0.39, 0.29) is 6.61 Å². The Balaban J connectivity index is 0.000000361. The van der Waals surface area contributed by atoms with Gasteiger partial charge in [0.15, 0.2) is 0 Å². The van der Waals surface area contributed by atoms with Gasteiger partial charge in [0, 0.05) is 0 Å². The van der Waals surface area contributed by atoms with Crippen molar-refractivity contribution in [2.24, 2.45) is 0 Å². The molecule has 0 aliphatic rings. The predicted octanol–water partition coefficient (Wildman–Crippen LogP) is 0.340. The first kappa shape index (κ1) is 18.0.